The van der Waals surface area contributed by atoms with Gasteiger partial charge in [0.2, 0.25) is 0 Å². The van der Waals surface area contributed by atoms with Crippen molar-refractivity contribution in [3.8, 4) is 0 Å². The van der Waals surface area contributed by atoms with Crippen molar-refractivity contribution in [2.24, 2.45) is 0 Å². The number of unbranched alkanes of at least 4 members (excludes halogenated alkanes) is 1. The molecule has 90 valence electrons. The van der Waals surface area contributed by atoms with Crippen LogP contribution in [0.15, 0.2) is 22.7 Å². The standard InChI is InChI=1S/C12H17BrClNO/c1-2-3-7-16-8-6-15-10-4-5-11(13)12(14)9-10/h4-5,9,15H,2-3,6-8H2,1H3. The van der Waals surface area contributed by atoms with Gasteiger partial charge in [-0.3, -0.25) is 0 Å². The Labute approximate surface area is 110 Å². The maximum absolute atomic E-state index is 5.98. The monoisotopic (exact) mass is 305 g/mol. The quantitative estimate of drug-likeness (QED) is 0.757. The van der Waals surface area contributed by atoms with Crippen LogP contribution in [-0.4, -0.2) is 19.8 Å². The third-order valence-corrected chi connectivity index (χ3v) is 3.37. The minimum Gasteiger partial charge on any atom is -0.383 e. The molecule has 1 aromatic rings. The van der Waals surface area contributed by atoms with E-state index in [0.717, 1.165) is 41.4 Å². The molecule has 0 amide bonds. The Kier molecular flexibility index (Phi) is 6.85. The molecule has 1 rings (SSSR count). The van der Waals surface area contributed by atoms with Gasteiger partial charge in [0.05, 0.1) is 11.6 Å². The van der Waals surface area contributed by atoms with Crippen LogP contribution in [0, 0.1) is 0 Å². The van der Waals surface area contributed by atoms with E-state index in [1.165, 1.54) is 6.42 Å². The van der Waals surface area contributed by atoms with Crippen LogP contribution in [0.4, 0.5) is 5.69 Å². The summed E-state index contributed by atoms with van der Waals surface area (Å²) in [4.78, 5) is 0. The number of halogens is 2. The molecule has 0 aromatic heterocycles. The Morgan fingerprint density at radius 1 is 1.38 bits per heavy atom. The topological polar surface area (TPSA) is 21.3 Å². The molecule has 0 unspecified atom stereocenters. The van der Waals surface area contributed by atoms with E-state index in [1.807, 2.05) is 18.2 Å². The largest absolute Gasteiger partial charge is 0.383 e. The maximum Gasteiger partial charge on any atom is 0.0639 e. The molecule has 1 aromatic carbocycles. The zero-order chi connectivity index (χ0) is 11.8. The van der Waals surface area contributed by atoms with Crippen molar-refractivity contribution in [1.29, 1.82) is 0 Å². The van der Waals surface area contributed by atoms with Gasteiger partial charge in [0, 0.05) is 23.3 Å². The van der Waals surface area contributed by atoms with E-state index >= 15 is 0 Å². The highest BCUT2D eigenvalue weighted by Gasteiger charge is 1.98. The Morgan fingerprint density at radius 3 is 2.88 bits per heavy atom. The fourth-order valence-corrected chi connectivity index (χ4v) is 1.65. The fourth-order valence-electron chi connectivity index (χ4n) is 1.22. The van der Waals surface area contributed by atoms with E-state index in [-0.39, 0.29) is 0 Å². The van der Waals surface area contributed by atoms with Gasteiger partial charge in [0.15, 0.2) is 0 Å². The molecule has 0 radical (unpaired) electrons. The molecule has 0 heterocycles. The van der Waals surface area contributed by atoms with Gasteiger partial charge < -0.3 is 10.1 Å². The van der Waals surface area contributed by atoms with Crippen molar-refractivity contribution in [3.05, 3.63) is 27.7 Å². The lowest BCUT2D eigenvalue weighted by Gasteiger charge is -2.08. The lowest BCUT2D eigenvalue weighted by atomic mass is 10.3. The average Bonchev–Trinajstić information content (AvgIpc) is 2.28. The molecule has 1 N–H and O–H groups in total. The number of anilines is 1. The van der Waals surface area contributed by atoms with E-state index in [1.54, 1.807) is 0 Å². The molecule has 16 heavy (non-hydrogen) atoms. The summed E-state index contributed by atoms with van der Waals surface area (Å²) in [5, 5.41) is 3.98. The summed E-state index contributed by atoms with van der Waals surface area (Å²) in [6.45, 7) is 4.54. The fraction of sp³-hybridized carbons (Fsp3) is 0.500. The third-order valence-electron chi connectivity index (χ3n) is 2.14. The van der Waals surface area contributed by atoms with Crippen LogP contribution >= 0.6 is 27.5 Å². The van der Waals surface area contributed by atoms with Crippen molar-refractivity contribution < 1.29 is 4.74 Å². The van der Waals surface area contributed by atoms with Gasteiger partial charge in [-0.05, 0) is 40.5 Å². The third kappa shape index (κ3) is 5.19. The summed E-state index contributed by atoms with van der Waals surface area (Å²) < 4.78 is 6.36. The van der Waals surface area contributed by atoms with Gasteiger partial charge in [0.1, 0.15) is 0 Å². The highest BCUT2D eigenvalue weighted by atomic mass is 79.9. The Morgan fingerprint density at radius 2 is 2.19 bits per heavy atom. The second-order valence-corrected chi connectivity index (χ2v) is 4.78. The Bertz CT molecular complexity index is 320. The van der Waals surface area contributed by atoms with Crippen LogP contribution in [0.5, 0.6) is 0 Å². The SMILES string of the molecule is CCCCOCCNc1ccc(Br)c(Cl)c1. The lowest BCUT2D eigenvalue weighted by molar-refractivity contribution is 0.141. The van der Waals surface area contributed by atoms with Crippen molar-refractivity contribution in [2.45, 2.75) is 19.8 Å². The second kappa shape index (κ2) is 7.93. The first kappa shape index (κ1) is 13.8. The van der Waals surface area contributed by atoms with Crippen LogP contribution in [0.1, 0.15) is 19.8 Å². The predicted molar refractivity (Wildman–Crippen MR) is 73.4 cm³/mol. The number of hydrogen-bond donors (Lipinski definition) is 1. The van der Waals surface area contributed by atoms with E-state index < -0.39 is 0 Å². The van der Waals surface area contributed by atoms with Crippen LogP contribution in [0.2, 0.25) is 5.02 Å². The molecular weight excluding hydrogens is 289 g/mol. The highest BCUT2D eigenvalue weighted by Crippen LogP contribution is 2.25. The van der Waals surface area contributed by atoms with Gasteiger partial charge in [0.25, 0.3) is 0 Å². The van der Waals surface area contributed by atoms with E-state index in [4.69, 9.17) is 16.3 Å². The van der Waals surface area contributed by atoms with Gasteiger partial charge in [-0.25, -0.2) is 0 Å². The summed E-state index contributed by atoms with van der Waals surface area (Å²) in [6, 6.07) is 5.82. The predicted octanol–water partition coefficient (Wildman–Crippen LogP) is 4.33. The summed E-state index contributed by atoms with van der Waals surface area (Å²) in [5.74, 6) is 0. The first-order valence-corrected chi connectivity index (χ1v) is 6.67. The minimum atomic E-state index is 0.719. The number of ether oxygens (including phenoxy) is 1. The molecule has 0 saturated carbocycles. The zero-order valence-electron chi connectivity index (χ0n) is 9.43. The molecule has 0 spiro atoms. The maximum atomic E-state index is 5.98. The van der Waals surface area contributed by atoms with E-state index in [2.05, 4.69) is 28.2 Å². The summed E-state index contributed by atoms with van der Waals surface area (Å²) in [6.07, 6.45) is 2.31. The van der Waals surface area contributed by atoms with Gasteiger partial charge in [-0.2, -0.15) is 0 Å². The minimum absolute atomic E-state index is 0.719. The Balaban J connectivity index is 2.19. The van der Waals surface area contributed by atoms with Crippen molar-refractivity contribution in [2.75, 3.05) is 25.1 Å². The molecule has 0 fully saturated rings. The Hall–Kier alpha value is -0.250. The van der Waals surface area contributed by atoms with Crippen molar-refractivity contribution in [3.63, 3.8) is 0 Å². The van der Waals surface area contributed by atoms with E-state index in [9.17, 15) is 0 Å². The molecular formula is C12H17BrClNO. The molecule has 0 atom stereocenters. The number of benzene rings is 1. The molecule has 0 saturated heterocycles. The van der Waals surface area contributed by atoms with Gasteiger partial charge >= 0.3 is 0 Å². The summed E-state index contributed by atoms with van der Waals surface area (Å²) in [5.41, 5.74) is 1.02. The molecule has 0 aliphatic heterocycles. The first-order valence-electron chi connectivity index (χ1n) is 5.50. The van der Waals surface area contributed by atoms with Crippen molar-refractivity contribution in [1.82, 2.24) is 0 Å². The zero-order valence-corrected chi connectivity index (χ0v) is 11.8. The molecule has 0 bridgehead atoms. The molecule has 2 nitrogen and oxygen atoms in total. The lowest BCUT2D eigenvalue weighted by Crippen LogP contribution is -2.09. The summed E-state index contributed by atoms with van der Waals surface area (Å²) >= 11 is 9.33. The van der Waals surface area contributed by atoms with Gasteiger partial charge in [-0.1, -0.05) is 24.9 Å². The second-order valence-electron chi connectivity index (χ2n) is 3.52. The smallest absolute Gasteiger partial charge is 0.0639 e. The molecule has 4 heteroatoms. The van der Waals surface area contributed by atoms with Crippen LogP contribution in [0.3, 0.4) is 0 Å². The van der Waals surface area contributed by atoms with E-state index in [0.29, 0.717) is 0 Å². The normalized spacial score (nSPS) is 10.4. The van der Waals surface area contributed by atoms with Crippen LogP contribution in [-0.2, 0) is 4.74 Å². The van der Waals surface area contributed by atoms with Crippen LogP contribution < -0.4 is 5.32 Å². The van der Waals surface area contributed by atoms with Gasteiger partial charge in [-0.15, -0.1) is 0 Å². The highest BCUT2D eigenvalue weighted by molar-refractivity contribution is 9.10. The average molecular weight is 307 g/mol. The molecule has 0 aliphatic carbocycles. The van der Waals surface area contributed by atoms with Crippen LogP contribution in [0.25, 0.3) is 0 Å². The number of rotatable bonds is 7. The van der Waals surface area contributed by atoms with Crippen molar-refractivity contribution >= 4 is 33.2 Å². The number of nitrogens with one attached hydrogen (secondary N) is 1. The first-order chi connectivity index (χ1) is 7.74. The molecule has 0 aliphatic rings. The summed E-state index contributed by atoms with van der Waals surface area (Å²) in [7, 11) is 0. The number of hydrogen-bond acceptors (Lipinski definition) is 2.